The fourth-order valence-electron chi connectivity index (χ4n) is 2.07. The maximum Gasteiger partial charge on any atom is 0.193 e. The number of rotatable bonds is 3. The maximum atomic E-state index is 4.41. The molecule has 2 aliphatic heterocycles. The molecule has 0 spiro atoms. The fourth-order valence-corrected chi connectivity index (χ4v) is 2.07. The molecule has 0 radical (unpaired) electrons. The molecule has 5 heteroatoms. The molecule has 0 fully saturated rings. The van der Waals surface area contributed by atoms with Gasteiger partial charge in [-0.15, -0.1) is 24.0 Å². The summed E-state index contributed by atoms with van der Waals surface area (Å²) in [6.45, 7) is 8.62. The van der Waals surface area contributed by atoms with Crippen LogP contribution >= 0.6 is 24.0 Å². The summed E-state index contributed by atoms with van der Waals surface area (Å²) >= 11 is 0. The summed E-state index contributed by atoms with van der Waals surface area (Å²) in [5.41, 5.74) is 1.53. The molecule has 0 aromatic carbocycles. The highest BCUT2D eigenvalue weighted by Crippen LogP contribution is 2.08. The van der Waals surface area contributed by atoms with Gasteiger partial charge in [-0.25, -0.2) is 0 Å². The third-order valence-corrected chi connectivity index (χ3v) is 3.29. The van der Waals surface area contributed by atoms with E-state index in [1.54, 1.807) is 0 Å². The highest BCUT2D eigenvalue weighted by Gasteiger charge is 2.12. The zero-order valence-corrected chi connectivity index (χ0v) is 13.1. The van der Waals surface area contributed by atoms with Gasteiger partial charge in [-0.2, -0.15) is 0 Å². The predicted molar refractivity (Wildman–Crippen MR) is 83.2 cm³/mol. The van der Waals surface area contributed by atoms with E-state index in [4.69, 9.17) is 0 Å². The first-order valence-electron chi connectivity index (χ1n) is 6.13. The number of guanidine groups is 1. The zero-order chi connectivity index (χ0) is 11.4. The van der Waals surface area contributed by atoms with Crippen LogP contribution in [0.25, 0.3) is 0 Å². The molecule has 0 aromatic heterocycles. The average molecular weight is 350 g/mol. The van der Waals surface area contributed by atoms with Crippen LogP contribution in [-0.4, -0.2) is 62.1 Å². The highest BCUT2D eigenvalue weighted by molar-refractivity contribution is 14.0. The molecule has 0 atom stereocenters. The minimum atomic E-state index is 0. The number of nitrogens with zero attached hydrogens (tertiary/aromatic N) is 3. The van der Waals surface area contributed by atoms with Crippen molar-refractivity contribution >= 4 is 29.9 Å². The zero-order valence-electron chi connectivity index (χ0n) is 10.8. The molecular formula is C12H23IN4. The summed E-state index contributed by atoms with van der Waals surface area (Å²) in [5.74, 6) is 1.06. The van der Waals surface area contributed by atoms with Crippen molar-refractivity contribution in [3.63, 3.8) is 0 Å². The Kier molecular flexibility index (Phi) is 6.26. The van der Waals surface area contributed by atoms with Crippen molar-refractivity contribution < 1.29 is 0 Å². The summed E-state index contributed by atoms with van der Waals surface area (Å²) in [6, 6.07) is 0. The molecule has 0 saturated carbocycles. The van der Waals surface area contributed by atoms with Gasteiger partial charge in [0.15, 0.2) is 5.96 Å². The van der Waals surface area contributed by atoms with Crippen LogP contribution in [0.4, 0.5) is 0 Å². The summed E-state index contributed by atoms with van der Waals surface area (Å²) in [7, 11) is 2.09. The van der Waals surface area contributed by atoms with Gasteiger partial charge in [0.2, 0.25) is 0 Å². The van der Waals surface area contributed by atoms with Crippen LogP contribution in [0, 0.1) is 0 Å². The monoisotopic (exact) mass is 350 g/mol. The van der Waals surface area contributed by atoms with Gasteiger partial charge in [-0.3, -0.25) is 9.89 Å². The molecule has 0 amide bonds. The van der Waals surface area contributed by atoms with Gasteiger partial charge in [0.1, 0.15) is 0 Å². The fraction of sp³-hybridized carbons (Fsp3) is 0.750. The molecule has 2 heterocycles. The molecule has 98 valence electrons. The van der Waals surface area contributed by atoms with E-state index in [-0.39, 0.29) is 24.0 Å². The number of halogens is 1. The van der Waals surface area contributed by atoms with Gasteiger partial charge >= 0.3 is 0 Å². The standard InChI is InChI=1S/C12H22N4.HI/c1-11-3-7-16(8-4-11)10-6-14-12-13-5-9-15(12)2;/h3H,4-10H2,1-2H3,(H,13,14);1H. The minimum Gasteiger partial charge on any atom is -0.355 e. The molecule has 0 saturated heterocycles. The molecule has 0 unspecified atom stereocenters. The number of likely N-dealkylation sites (N-methyl/N-ethyl adjacent to an activating group) is 1. The van der Waals surface area contributed by atoms with Crippen molar-refractivity contribution in [2.24, 2.45) is 4.99 Å². The Bertz CT molecular complexity index is 301. The first-order valence-corrected chi connectivity index (χ1v) is 6.13. The second kappa shape index (κ2) is 7.20. The molecule has 4 nitrogen and oxygen atoms in total. The molecular weight excluding hydrogens is 327 g/mol. The molecule has 0 bridgehead atoms. The van der Waals surface area contributed by atoms with Gasteiger partial charge in [-0.05, 0) is 13.3 Å². The van der Waals surface area contributed by atoms with E-state index >= 15 is 0 Å². The van der Waals surface area contributed by atoms with Crippen LogP contribution in [0.15, 0.2) is 16.6 Å². The van der Waals surface area contributed by atoms with Gasteiger partial charge in [0.05, 0.1) is 6.54 Å². The Morgan fingerprint density at radius 3 is 2.82 bits per heavy atom. The highest BCUT2D eigenvalue weighted by atomic mass is 127. The lowest BCUT2D eigenvalue weighted by Gasteiger charge is -2.25. The second-order valence-electron chi connectivity index (χ2n) is 4.65. The Morgan fingerprint density at radius 1 is 1.41 bits per heavy atom. The number of nitrogens with one attached hydrogen (secondary N) is 1. The molecule has 2 aliphatic rings. The van der Waals surface area contributed by atoms with E-state index in [0.29, 0.717) is 0 Å². The SMILES string of the molecule is CC1=CCN(CCNC2=NCCN2C)CC1.I. The minimum absolute atomic E-state index is 0. The predicted octanol–water partition coefficient (Wildman–Crippen LogP) is 1.15. The normalized spacial score (nSPS) is 20.7. The summed E-state index contributed by atoms with van der Waals surface area (Å²) in [5, 5.41) is 3.40. The third-order valence-electron chi connectivity index (χ3n) is 3.29. The Morgan fingerprint density at radius 2 is 2.24 bits per heavy atom. The van der Waals surface area contributed by atoms with Gasteiger partial charge in [0.25, 0.3) is 0 Å². The van der Waals surface area contributed by atoms with E-state index in [1.807, 2.05) is 0 Å². The Hall–Kier alpha value is -0.300. The Labute approximate surface area is 121 Å². The van der Waals surface area contributed by atoms with Crippen molar-refractivity contribution in [3.05, 3.63) is 11.6 Å². The van der Waals surface area contributed by atoms with Crippen LogP contribution < -0.4 is 5.32 Å². The lowest BCUT2D eigenvalue weighted by Crippen LogP contribution is -2.41. The van der Waals surface area contributed by atoms with Crippen LogP contribution in [0.5, 0.6) is 0 Å². The quantitative estimate of drug-likeness (QED) is 0.612. The molecule has 0 aromatic rings. The number of hydrogen-bond acceptors (Lipinski definition) is 4. The first kappa shape index (κ1) is 14.8. The maximum absolute atomic E-state index is 4.41. The molecule has 17 heavy (non-hydrogen) atoms. The van der Waals surface area contributed by atoms with E-state index in [1.165, 1.54) is 18.5 Å². The van der Waals surface area contributed by atoms with Crippen molar-refractivity contribution in [2.75, 3.05) is 46.3 Å². The van der Waals surface area contributed by atoms with Gasteiger partial charge in [0, 0.05) is 39.8 Å². The lowest BCUT2D eigenvalue weighted by atomic mass is 10.1. The lowest BCUT2D eigenvalue weighted by molar-refractivity contribution is 0.297. The van der Waals surface area contributed by atoms with Crippen LogP contribution in [0.1, 0.15) is 13.3 Å². The van der Waals surface area contributed by atoms with Crippen LogP contribution in [0.3, 0.4) is 0 Å². The third kappa shape index (κ3) is 4.46. The second-order valence-corrected chi connectivity index (χ2v) is 4.65. The Balaban J connectivity index is 0.00000144. The average Bonchev–Trinajstić information content (AvgIpc) is 2.68. The van der Waals surface area contributed by atoms with Crippen molar-refractivity contribution in [1.82, 2.24) is 15.1 Å². The van der Waals surface area contributed by atoms with Gasteiger partial charge in [-0.1, -0.05) is 11.6 Å². The summed E-state index contributed by atoms with van der Waals surface area (Å²) in [6.07, 6.45) is 3.56. The topological polar surface area (TPSA) is 30.9 Å². The van der Waals surface area contributed by atoms with Crippen LogP contribution in [0.2, 0.25) is 0 Å². The van der Waals surface area contributed by atoms with E-state index in [0.717, 1.165) is 38.7 Å². The van der Waals surface area contributed by atoms with E-state index in [9.17, 15) is 0 Å². The smallest absolute Gasteiger partial charge is 0.193 e. The number of aliphatic imine (C=N–C) groups is 1. The van der Waals surface area contributed by atoms with E-state index in [2.05, 4.69) is 40.2 Å². The van der Waals surface area contributed by atoms with Gasteiger partial charge < -0.3 is 10.2 Å². The molecule has 2 rings (SSSR count). The summed E-state index contributed by atoms with van der Waals surface area (Å²) in [4.78, 5) is 9.07. The largest absolute Gasteiger partial charge is 0.355 e. The van der Waals surface area contributed by atoms with Crippen molar-refractivity contribution in [2.45, 2.75) is 13.3 Å². The van der Waals surface area contributed by atoms with Crippen LogP contribution in [-0.2, 0) is 0 Å². The number of hydrogen-bond donors (Lipinski definition) is 1. The first-order chi connectivity index (χ1) is 7.75. The van der Waals surface area contributed by atoms with E-state index < -0.39 is 0 Å². The summed E-state index contributed by atoms with van der Waals surface area (Å²) < 4.78 is 0. The molecule has 1 N–H and O–H groups in total. The van der Waals surface area contributed by atoms with Crippen molar-refractivity contribution in [1.29, 1.82) is 0 Å². The van der Waals surface area contributed by atoms with Crippen molar-refractivity contribution in [3.8, 4) is 0 Å². The molecule has 0 aliphatic carbocycles.